The molecule has 17 rings (SSSR count). The van der Waals surface area contributed by atoms with Crippen LogP contribution in [0.15, 0.2) is 249 Å². The molecule has 7 nitrogen and oxygen atoms in total. The second kappa shape index (κ2) is 20.6. The van der Waals surface area contributed by atoms with E-state index in [1.54, 1.807) is 0 Å². The maximum atomic E-state index is 11.6. The molecule has 0 atom stereocenters. The van der Waals surface area contributed by atoms with Crippen molar-refractivity contribution in [1.29, 1.82) is 10.5 Å². The van der Waals surface area contributed by atoms with Crippen molar-refractivity contribution in [1.82, 2.24) is 13.7 Å². The molecule has 0 N–H and O–H groups in total. The molecule has 15 aromatic rings. The minimum atomic E-state index is -0.376. The van der Waals surface area contributed by atoms with Crippen LogP contribution in [-0.4, -0.2) is 20.4 Å². The molecule has 0 fully saturated rings. The first-order valence-electron chi connectivity index (χ1n) is 32.7. The third-order valence-corrected chi connectivity index (χ3v) is 20.0. The lowest BCUT2D eigenvalue weighted by Crippen LogP contribution is -2.61. The molecule has 0 amide bonds. The Balaban J connectivity index is 1.06. The summed E-state index contributed by atoms with van der Waals surface area (Å²) < 4.78 is 7.29. The van der Waals surface area contributed by atoms with Gasteiger partial charge in [0, 0.05) is 72.1 Å². The second-order valence-corrected chi connectivity index (χ2v) is 28.8. The minimum absolute atomic E-state index is 0.135. The normalized spacial score (nSPS) is 13.1. The van der Waals surface area contributed by atoms with E-state index in [2.05, 4.69) is 347 Å². The molecule has 450 valence electrons. The fraction of sp³-hybridized carbons (Fsp3) is 0.140. The molecule has 0 spiro atoms. The Morgan fingerprint density at radius 1 is 0.298 bits per heavy atom. The van der Waals surface area contributed by atoms with E-state index < -0.39 is 0 Å². The van der Waals surface area contributed by atoms with E-state index in [-0.39, 0.29) is 23.0 Å². The summed E-state index contributed by atoms with van der Waals surface area (Å²) in [6.07, 6.45) is 0. The van der Waals surface area contributed by atoms with Gasteiger partial charge < -0.3 is 23.5 Å². The van der Waals surface area contributed by atoms with Gasteiger partial charge in [0.1, 0.15) is 0 Å². The van der Waals surface area contributed by atoms with Crippen molar-refractivity contribution in [2.45, 2.75) is 78.6 Å². The van der Waals surface area contributed by atoms with Crippen molar-refractivity contribution in [3.8, 4) is 40.3 Å². The molecule has 0 bridgehead atoms. The number of anilines is 6. The van der Waals surface area contributed by atoms with Gasteiger partial charge in [-0.3, -0.25) is 0 Å². The molecule has 2 aliphatic rings. The number of fused-ring (bicyclic) bond motifs is 13. The molecule has 0 saturated heterocycles. The largest absolute Gasteiger partial charge is 0.309 e. The average molecular weight is 1210 g/mol. The van der Waals surface area contributed by atoms with Gasteiger partial charge in [-0.25, -0.2) is 0 Å². The summed E-state index contributed by atoms with van der Waals surface area (Å²) in [5.74, 6) is 0. The van der Waals surface area contributed by atoms with E-state index in [0.717, 1.165) is 139 Å². The van der Waals surface area contributed by atoms with Gasteiger partial charge >= 0.3 is 0 Å². The number of hydrogen-bond donors (Lipinski definition) is 0. The fourth-order valence-electron chi connectivity index (χ4n) is 15.4. The summed E-state index contributed by atoms with van der Waals surface area (Å²) >= 11 is 0. The van der Waals surface area contributed by atoms with Crippen LogP contribution >= 0.6 is 0 Å². The lowest BCUT2D eigenvalue weighted by atomic mass is 9.33. The second-order valence-electron chi connectivity index (χ2n) is 28.8. The van der Waals surface area contributed by atoms with Crippen LogP contribution < -0.4 is 26.2 Å². The van der Waals surface area contributed by atoms with Crippen LogP contribution in [0.25, 0.3) is 93.6 Å². The Bertz CT molecular complexity index is 5720. The first-order valence-corrected chi connectivity index (χ1v) is 32.7. The molecule has 5 heterocycles. The molecular weight excluding hydrogens is 1140 g/mol. The zero-order valence-electron chi connectivity index (χ0n) is 54.4. The van der Waals surface area contributed by atoms with Crippen LogP contribution in [0.4, 0.5) is 34.1 Å². The third-order valence-electron chi connectivity index (χ3n) is 20.0. The molecule has 0 radical (unpaired) electrons. The quantitative estimate of drug-likeness (QED) is 0.156. The number of nitriles is 2. The summed E-state index contributed by atoms with van der Waals surface area (Å²) in [5, 5.41) is 29.6. The molecule has 0 saturated carbocycles. The van der Waals surface area contributed by atoms with Crippen molar-refractivity contribution in [3.05, 3.63) is 277 Å². The van der Waals surface area contributed by atoms with E-state index in [9.17, 15) is 10.5 Å². The number of rotatable bonds is 6. The smallest absolute Gasteiger partial charge is 0.252 e. The standard InChI is InChI=1S/C86H68BN7/c1-84(2,3)57-34-39-73-65(46-57)67-41-53(51-88)43-79(82(67)91(73)60-25-15-11-16-26-60)93-75-38-33-56(55-23-13-10-14-24-55)45-70(75)87-69-37-36-62(90-71-31-21-19-29-63(71)64-30-20-22-32-72(64)90)50-76(69)94(78-49-59(86(7,8)9)48-77(93)81(78)87)80-44-54(52-89)42-68-66-47-58(85(4,5)6)35-40-74(66)92(83(68)80)61-27-17-12-18-28-61/h10-50H,1-9H3. The van der Waals surface area contributed by atoms with Crippen molar-refractivity contribution in [2.75, 3.05) is 9.80 Å². The molecular formula is C86H68BN7. The van der Waals surface area contributed by atoms with Crippen LogP contribution in [0, 0.1) is 22.7 Å². The van der Waals surface area contributed by atoms with Crippen molar-refractivity contribution >= 4 is 123 Å². The summed E-state index contributed by atoms with van der Waals surface area (Å²) in [5.41, 5.74) is 25.0. The highest BCUT2D eigenvalue weighted by atomic mass is 15.2. The molecule has 0 unspecified atom stereocenters. The van der Waals surface area contributed by atoms with Gasteiger partial charge in [-0.15, -0.1) is 0 Å². The van der Waals surface area contributed by atoms with E-state index >= 15 is 0 Å². The van der Waals surface area contributed by atoms with E-state index in [0.29, 0.717) is 11.1 Å². The van der Waals surface area contributed by atoms with E-state index in [1.165, 1.54) is 21.9 Å². The lowest BCUT2D eigenvalue weighted by molar-refractivity contribution is 0.590. The van der Waals surface area contributed by atoms with Crippen LogP contribution in [0.5, 0.6) is 0 Å². The summed E-state index contributed by atoms with van der Waals surface area (Å²) in [6.45, 7) is 20.3. The van der Waals surface area contributed by atoms with Crippen LogP contribution in [0.3, 0.4) is 0 Å². The summed E-state index contributed by atoms with van der Waals surface area (Å²) in [7, 11) is 0. The maximum Gasteiger partial charge on any atom is 0.252 e. The first-order chi connectivity index (χ1) is 45.4. The van der Waals surface area contributed by atoms with Gasteiger partial charge in [0.2, 0.25) is 0 Å². The average Bonchev–Trinajstić information content (AvgIpc) is 0.940. The van der Waals surface area contributed by atoms with Crippen molar-refractivity contribution < 1.29 is 0 Å². The number of nitrogens with zero attached hydrogens (tertiary/aromatic N) is 7. The zero-order valence-corrected chi connectivity index (χ0v) is 54.4. The molecule has 12 aromatic carbocycles. The van der Waals surface area contributed by atoms with E-state index in [4.69, 9.17) is 0 Å². The topological polar surface area (TPSA) is 68.8 Å². The Morgan fingerprint density at radius 2 is 0.755 bits per heavy atom. The van der Waals surface area contributed by atoms with Gasteiger partial charge in [-0.1, -0.05) is 196 Å². The predicted molar refractivity (Wildman–Crippen MR) is 394 cm³/mol. The Morgan fingerprint density at radius 3 is 1.24 bits per heavy atom. The third kappa shape index (κ3) is 8.56. The highest BCUT2D eigenvalue weighted by Gasteiger charge is 2.46. The van der Waals surface area contributed by atoms with Crippen LogP contribution in [-0.2, 0) is 16.2 Å². The van der Waals surface area contributed by atoms with Gasteiger partial charge in [0.15, 0.2) is 0 Å². The minimum Gasteiger partial charge on any atom is -0.309 e. The van der Waals surface area contributed by atoms with Crippen LogP contribution in [0.2, 0.25) is 0 Å². The monoisotopic (exact) mass is 1210 g/mol. The highest BCUT2D eigenvalue weighted by molar-refractivity contribution is 7.00. The number of benzene rings is 12. The Hall–Kier alpha value is -11.3. The van der Waals surface area contributed by atoms with Gasteiger partial charge in [0.25, 0.3) is 6.71 Å². The Labute approximate surface area is 548 Å². The summed E-state index contributed by atoms with van der Waals surface area (Å²) in [4.78, 5) is 5.04. The molecule has 8 heteroatoms. The van der Waals surface area contributed by atoms with E-state index in [1.807, 2.05) is 0 Å². The number of hydrogen-bond acceptors (Lipinski definition) is 4. The molecule has 94 heavy (non-hydrogen) atoms. The first kappa shape index (κ1) is 56.7. The van der Waals surface area contributed by atoms with Gasteiger partial charge in [-0.2, -0.15) is 10.5 Å². The Kier molecular flexibility index (Phi) is 12.4. The van der Waals surface area contributed by atoms with Crippen molar-refractivity contribution in [3.63, 3.8) is 0 Å². The molecule has 0 aliphatic carbocycles. The SMILES string of the molecule is CC(C)(C)c1cc2c3c(c1)N(c1cc(C#N)cc4c5cc(C(C)(C)C)ccc5n(-c5ccccc5)c14)c1cc(-n4c5ccccc5c5ccccc54)ccc1B3c1cc(-c3ccccc3)ccc1N2c1cc(C#N)cc2c3cc(C(C)(C)C)ccc3n(-c3ccccc3)c12. The van der Waals surface area contributed by atoms with Crippen LogP contribution in [0.1, 0.15) is 90.1 Å². The lowest BCUT2D eigenvalue weighted by Gasteiger charge is -2.45. The number of para-hydroxylation sites is 4. The highest BCUT2D eigenvalue weighted by Crippen LogP contribution is 2.53. The summed E-state index contributed by atoms with van der Waals surface area (Å²) in [6, 6.07) is 96.6. The van der Waals surface area contributed by atoms with Crippen molar-refractivity contribution in [2.24, 2.45) is 0 Å². The predicted octanol–water partition coefficient (Wildman–Crippen LogP) is 20.4. The molecule has 3 aromatic heterocycles. The zero-order chi connectivity index (χ0) is 64.3. The number of aromatic nitrogens is 3. The van der Waals surface area contributed by atoms with Gasteiger partial charge in [0.05, 0.1) is 67.7 Å². The fourth-order valence-corrected chi connectivity index (χ4v) is 15.4. The maximum absolute atomic E-state index is 11.6. The molecule has 2 aliphatic heterocycles. The van der Waals surface area contributed by atoms with Gasteiger partial charge in [-0.05, 0) is 176 Å².